The number of aryl methyl sites for hydroxylation is 1. The topological polar surface area (TPSA) is 84.8 Å². The van der Waals surface area contributed by atoms with Gasteiger partial charge in [-0.05, 0) is 6.92 Å². The van der Waals surface area contributed by atoms with Crippen molar-refractivity contribution in [3.05, 3.63) is 23.3 Å². The summed E-state index contributed by atoms with van der Waals surface area (Å²) in [5, 5.41) is 18.3. The summed E-state index contributed by atoms with van der Waals surface area (Å²) in [5.41, 5.74) is 2.44. The molecule has 1 N–H and O–H groups in total. The normalized spacial score (nSPS) is 20.8. The number of hydrogen-bond donors (Lipinski definition) is 1. The van der Waals surface area contributed by atoms with Crippen LogP contribution in [0.3, 0.4) is 0 Å². The van der Waals surface area contributed by atoms with E-state index in [-0.39, 0.29) is 6.10 Å². The second-order valence-corrected chi connectivity index (χ2v) is 4.74. The molecule has 1 fully saturated rings. The van der Waals surface area contributed by atoms with Gasteiger partial charge in [-0.25, -0.2) is 0 Å². The Kier molecular flexibility index (Phi) is 3.26. The molecule has 8 heteroatoms. The molecular weight excluding hydrogens is 246 g/mol. The lowest BCUT2D eigenvalue weighted by molar-refractivity contribution is -0.0372. The van der Waals surface area contributed by atoms with Gasteiger partial charge < -0.3 is 4.74 Å². The van der Waals surface area contributed by atoms with Gasteiger partial charge >= 0.3 is 0 Å². The van der Waals surface area contributed by atoms with E-state index in [1.165, 1.54) is 11.3 Å². The Hall–Kier alpha value is -1.80. The molecule has 1 aliphatic rings. The van der Waals surface area contributed by atoms with Crippen molar-refractivity contribution in [1.82, 2.24) is 35.3 Å². The van der Waals surface area contributed by atoms with E-state index in [9.17, 15) is 0 Å². The third kappa shape index (κ3) is 2.49. The number of ether oxygens (including phenoxy) is 1. The van der Waals surface area contributed by atoms with Crippen molar-refractivity contribution in [2.45, 2.75) is 19.6 Å². The summed E-state index contributed by atoms with van der Waals surface area (Å²) < 4.78 is 7.57. The van der Waals surface area contributed by atoms with Crippen molar-refractivity contribution >= 4 is 0 Å². The average molecular weight is 263 g/mol. The van der Waals surface area contributed by atoms with E-state index in [4.69, 9.17) is 4.74 Å². The third-order valence-electron chi connectivity index (χ3n) is 3.53. The van der Waals surface area contributed by atoms with Crippen LogP contribution in [0.25, 0.3) is 0 Å². The van der Waals surface area contributed by atoms with Gasteiger partial charge in [0.2, 0.25) is 5.82 Å². The Morgan fingerprint density at radius 2 is 2.42 bits per heavy atom. The van der Waals surface area contributed by atoms with Crippen LogP contribution in [-0.2, 0) is 18.3 Å². The Balaban J connectivity index is 1.67. The molecule has 0 aromatic carbocycles. The SMILES string of the molecule is Cc1c(CN2CCOC(c3nn[nH]n3)C2)cnn1C. The van der Waals surface area contributed by atoms with Crippen molar-refractivity contribution in [3.63, 3.8) is 0 Å². The lowest BCUT2D eigenvalue weighted by atomic mass is 10.2. The number of H-pyrrole nitrogens is 1. The summed E-state index contributed by atoms with van der Waals surface area (Å²) in [7, 11) is 1.96. The van der Waals surface area contributed by atoms with Gasteiger partial charge in [-0.15, -0.1) is 10.2 Å². The molecule has 0 aliphatic carbocycles. The maximum atomic E-state index is 5.68. The van der Waals surface area contributed by atoms with Crippen molar-refractivity contribution < 1.29 is 4.74 Å². The third-order valence-corrected chi connectivity index (χ3v) is 3.53. The molecule has 0 radical (unpaired) electrons. The van der Waals surface area contributed by atoms with Gasteiger partial charge in [0, 0.05) is 37.9 Å². The number of morpholine rings is 1. The molecule has 3 heterocycles. The van der Waals surface area contributed by atoms with Crippen molar-refractivity contribution in [3.8, 4) is 0 Å². The first-order valence-corrected chi connectivity index (χ1v) is 6.29. The molecule has 1 unspecified atom stereocenters. The van der Waals surface area contributed by atoms with Crippen molar-refractivity contribution in [2.24, 2.45) is 7.05 Å². The van der Waals surface area contributed by atoms with Crippen LogP contribution in [0.2, 0.25) is 0 Å². The molecule has 1 aliphatic heterocycles. The molecule has 2 aromatic rings. The highest BCUT2D eigenvalue weighted by atomic mass is 16.5. The predicted molar refractivity (Wildman–Crippen MR) is 66.1 cm³/mol. The molecule has 1 saturated heterocycles. The summed E-state index contributed by atoms with van der Waals surface area (Å²) in [6.45, 7) is 5.31. The van der Waals surface area contributed by atoms with Gasteiger partial charge in [-0.3, -0.25) is 9.58 Å². The minimum Gasteiger partial charge on any atom is -0.367 e. The van der Waals surface area contributed by atoms with E-state index >= 15 is 0 Å². The Bertz CT molecular complexity index is 535. The van der Waals surface area contributed by atoms with Crippen LogP contribution in [0, 0.1) is 6.92 Å². The molecule has 0 amide bonds. The van der Waals surface area contributed by atoms with Gasteiger partial charge in [0.1, 0.15) is 6.10 Å². The van der Waals surface area contributed by atoms with E-state index in [2.05, 4.69) is 37.5 Å². The van der Waals surface area contributed by atoms with Crippen LogP contribution in [0.5, 0.6) is 0 Å². The van der Waals surface area contributed by atoms with Crippen LogP contribution in [0.4, 0.5) is 0 Å². The lowest BCUT2D eigenvalue weighted by Gasteiger charge is -2.31. The zero-order chi connectivity index (χ0) is 13.2. The van der Waals surface area contributed by atoms with E-state index in [1.54, 1.807) is 0 Å². The number of tetrazole rings is 1. The van der Waals surface area contributed by atoms with Gasteiger partial charge in [0.25, 0.3) is 0 Å². The standard InChI is InChI=1S/C11H17N7O/c1-8-9(5-12-17(8)2)6-18-3-4-19-10(7-18)11-13-15-16-14-11/h5,10H,3-4,6-7H2,1-2H3,(H,13,14,15,16). The Morgan fingerprint density at radius 1 is 1.53 bits per heavy atom. The van der Waals surface area contributed by atoms with Gasteiger partial charge in [-0.1, -0.05) is 5.21 Å². The zero-order valence-corrected chi connectivity index (χ0v) is 11.1. The molecule has 3 rings (SSSR count). The molecule has 19 heavy (non-hydrogen) atoms. The van der Waals surface area contributed by atoms with Crippen molar-refractivity contribution in [1.29, 1.82) is 0 Å². The number of aromatic amines is 1. The largest absolute Gasteiger partial charge is 0.367 e. The predicted octanol–water partition coefficient (Wildman–Crippen LogP) is -0.185. The fourth-order valence-electron chi connectivity index (χ4n) is 2.25. The first kappa shape index (κ1) is 12.2. The summed E-state index contributed by atoms with van der Waals surface area (Å²) in [6.07, 6.45) is 1.82. The minimum absolute atomic E-state index is 0.107. The fourth-order valence-corrected chi connectivity index (χ4v) is 2.25. The fraction of sp³-hybridized carbons (Fsp3) is 0.636. The first-order chi connectivity index (χ1) is 9.24. The first-order valence-electron chi connectivity index (χ1n) is 6.29. The second-order valence-electron chi connectivity index (χ2n) is 4.74. The van der Waals surface area contributed by atoms with Crippen LogP contribution in [0.1, 0.15) is 23.2 Å². The second kappa shape index (κ2) is 5.06. The summed E-state index contributed by atoms with van der Waals surface area (Å²) in [4.78, 5) is 2.33. The molecular formula is C11H17N7O. The zero-order valence-electron chi connectivity index (χ0n) is 11.1. The minimum atomic E-state index is -0.107. The van der Waals surface area contributed by atoms with E-state index < -0.39 is 0 Å². The smallest absolute Gasteiger partial charge is 0.204 e. The molecule has 8 nitrogen and oxygen atoms in total. The summed E-state index contributed by atoms with van der Waals surface area (Å²) in [6, 6.07) is 0. The molecule has 2 aromatic heterocycles. The highest BCUT2D eigenvalue weighted by molar-refractivity contribution is 5.15. The van der Waals surface area contributed by atoms with Gasteiger partial charge in [0.05, 0.1) is 12.8 Å². The Morgan fingerprint density at radius 3 is 3.11 bits per heavy atom. The van der Waals surface area contributed by atoms with Crippen LogP contribution in [-0.4, -0.2) is 55.0 Å². The van der Waals surface area contributed by atoms with E-state index in [0.717, 1.165) is 19.6 Å². The molecule has 1 atom stereocenters. The number of nitrogens with zero attached hydrogens (tertiary/aromatic N) is 6. The average Bonchev–Trinajstić information content (AvgIpc) is 3.05. The van der Waals surface area contributed by atoms with Crippen LogP contribution < -0.4 is 0 Å². The molecule has 102 valence electrons. The monoisotopic (exact) mass is 263 g/mol. The lowest BCUT2D eigenvalue weighted by Crippen LogP contribution is -2.38. The number of aromatic nitrogens is 6. The molecule has 0 bridgehead atoms. The van der Waals surface area contributed by atoms with E-state index in [0.29, 0.717) is 12.4 Å². The summed E-state index contributed by atoms with van der Waals surface area (Å²) in [5.74, 6) is 0.618. The molecule has 0 spiro atoms. The number of hydrogen-bond acceptors (Lipinski definition) is 6. The number of nitrogens with one attached hydrogen (secondary N) is 1. The van der Waals surface area contributed by atoms with E-state index in [1.807, 2.05) is 17.9 Å². The Labute approximate surface area is 110 Å². The summed E-state index contributed by atoms with van der Waals surface area (Å²) >= 11 is 0. The maximum absolute atomic E-state index is 5.68. The quantitative estimate of drug-likeness (QED) is 0.826. The van der Waals surface area contributed by atoms with Crippen molar-refractivity contribution in [2.75, 3.05) is 19.7 Å². The van der Waals surface area contributed by atoms with Gasteiger partial charge in [0.15, 0.2) is 0 Å². The highest BCUT2D eigenvalue weighted by Crippen LogP contribution is 2.20. The molecule has 0 saturated carbocycles. The number of rotatable bonds is 3. The van der Waals surface area contributed by atoms with Crippen LogP contribution >= 0.6 is 0 Å². The highest BCUT2D eigenvalue weighted by Gasteiger charge is 2.25. The maximum Gasteiger partial charge on any atom is 0.204 e. The van der Waals surface area contributed by atoms with Crippen LogP contribution in [0.15, 0.2) is 6.20 Å². The van der Waals surface area contributed by atoms with Gasteiger partial charge in [-0.2, -0.15) is 10.3 Å².